The lowest BCUT2D eigenvalue weighted by Crippen LogP contribution is -2.37. The van der Waals surface area contributed by atoms with Crippen molar-refractivity contribution in [1.82, 2.24) is 5.32 Å². The van der Waals surface area contributed by atoms with Crippen LogP contribution in [0.2, 0.25) is 0 Å². The van der Waals surface area contributed by atoms with Crippen molar-refractivity contribution in [3.8, 4) is 0 Å². The predicted octanol–water partition coefficient (Wildman–Crippen LogP) is 2.11. The molecule has 18 heavy (non-hydrogen) atoms. The maximum Gasteiger partial charge on any atom is 0.246 e. The predicted molar refractivity (Wildman–Crippen MR) is 68.6 cm³/mol. The number of amides is 2. The summed E-state index contributed by atoms with van der Waals surface area (Å²) in [5.41, 5.74) is 1.17. The number of aryl methyl sites for hydroxylation is 1. The fraction of sp³-hybridized carbons (Fsp3) is 0.333. The highest BCUT2D eigenvalue weighted by Gasteiger charge is 2.27. The molecule has 0 radical (unpaired) electrons. The number of carbonyl (C=O) groups excluding carboxylic acids is 2. The van der Waals surface area contributed by atoms with Crippen LogP contribution >= 0.6 is 15.9 Å². The van der Waals surface area contributed by atoms with E-state index < -0.39 is 6.04 Å². The number of carbonyl (C=O) groups is 2. The Morgan fingerprint density at radius 1 is 1.56 bits per heavy atom. The van der Waals surface area contributed by atoms with Crippen LogP contribution in [-0.2, 0) is 9.59 Å². The van der Waals surface area contributed by atoms with E-state index in [0.29, 0.717) is 28.6 Å². The zero-order valence-electron chi connectivity index (χ0n) is 9.72. The second-order valence-corrected chi connectivity index (χ2v) is 5.08. The Labute approximate surface area is 112 Å². The van der Waals surface area contributed by atoms with Crippen molar-refractivity contribution in [1.29, 1.82) is 0 Å². The lowest BCUT2D eigenvalue weighted by Gasteiger charge is -2.13. The number of hydrogen-bond donors (Lipinski definition) is 2. The molecule has 0 saturated carbocycles. The maximum atomic E-state index is 13.2. The van der Waals surface area contributed by atoms with Crippen LogP contribution in [0.15, 0.2) is 16.6 Å². The molecule has 0 bridgehead atoms. The Balaban J connectivity index is 2.12. The van der Waals surface area contributed by atoms with Gasteiger partial charge in [0.2, 0.25) is 11.8 Å². The van der Waals surface area contributed by atoms with Crippen molar-refractivity contribution in [2.24, 2.45) is 0 Å². The molecule has 1 saturated heterocycles. The molecule has 96 valence electrons. The summed E-state index contributed by atoms with van der Waals surface area (Å²) in [5, 5.41) is 5.27. The van der Waals surface area contributed by atoms with Crippen LogP contribution in [0, 0.1) is 12.7 Å². The highest BCUT2D eigenvalue weighted by atomic mass is 79.9. The molecule has 0 aromatic heterocycles. The first-order chi connectivity index (χ1) is 8.47. The summed E-state index contributed by atoms with van der Waals surface area (Å²) >= 11 is 3.07. The molecule has 0 aliphatic carbocycles. The van der Waals surface area contributed by atoms with Crippen molar-refractivity contribution < 1.29 is 14.0 Å². The molecule has 1 fully saturated rings. The van der Waals surface area contributed by atoms with Gasteiger partial charge >= 0.3 is 0 Å². The lowest BCUT2D eigenvalue weighted by atomic mass is 10.1. The van der Waals surface area contributed by atoms with E-state index in [1.807, 2.05) is 0 Å². The molecule has 0 unspecified atom stereocenters. The molecule has 2 rings (SSSR count). The van der Waals surface area contributed by atoms with E-state index in [4.69, 9.17) is 0 Å². The monoisotopic (exact) mass is 314 g/mol. The van der Waals surface area contributed by atoms with Crippen LogP contribution in [0.1, 0.15) is 18.4 Å². The molecule has 2 amide bonds. The van der Waals surface area contributed by atoms with Crippen molar-refractivity contribution in [2.45, 2.75) is 25.8 Å². The summed E-state index contributed by atoms with van der Waals surface area (Å²) in [6.07, 6.45) is 0.857. The van der Waals surface area contributed by atoms with Gasteiger partial charge in [0.15, 0.2) is 0 Å². The van der Waals surface area contributed by atoms with Gasteiger partial charge in [-0.1, -0.05) is 0 Å². The van der Waals surface area contributed by atoms with Gasteiger partial charge in [0.05, 0.1) is 4.47 Å². The molecule has 1 aliphatic rings. The molecule has 4 nitrogen and oxygen atoms in total. The van der Waals surface area contributed by atoms with Crippen molar-refractivity contribution >= 4 is 33.4 Å². The van der Waals surface area contributed by atoms with Crippen LogP contribution in [0.3, 0.4) is 0 Å². The Hall–Kier alpha value is -1.43. The fourth-order valence-electron chi connectivity index (χ4n) is 1.81. The summed E-state index contributed by atoms with van der Waals surface area (Å²) in [7, 11) is 0. The zero-order valence-corrected chi connectivity index (χ0v) is 11.3. The molecule has 1 aromatic carbocycles. The van der Waals surface area contributed by atoms with E-state index >= 15 is 0 Å². The number of rotatable bonds is 2. The van der Waals surface area contributed by atoms with Gasteiger partial charge in [-0.25, -0.2) is 4.39 Å². The van der Waals surface area contributed by atoms with Gasteiger partial charge in [-0.2, -0.15) is 0 Å². The van der Waals surface area contributed by atoms with E-state index in [9.17, 15) is 14.0 Å². The van der Waals surface area contributed by atoms with Crippen LogP contribution in [0.4, 0.5) is 10.1 Å². The standard InChI is InChI=1S/C12H12BrFN2O2/c1-6-4-8(14)7(13)5-10(6)16-12(18)9-2-3-11(17)15-9/h4-5,9H,2-3H2,1H3,(H,15,17)(H,16,18)/t9-/m1/s1. The third kappa shape index (κ3) is 2.69. The lowest BCUT2D eigenvalue weighted by molar-refractivity contribution is -0.122. The number of hydrogen-bond acceptors (Lipinski definition) is 2. The Bertz CT molecular complexity index is 519. The number of nitrogens with one attached hydrogen (secondary N) is 2. The van der Waals surface area contributed by atoms with Crippen LogP contribution < -0.4 is 10.6 Å². The smallest absolute Gasteiger partial charge is 0.246 e. The van der Waals surface area contributed by atoms with Crippen LogP contribution in [-0.4, -0.2) is 17.9 Å². The largest absolute Gasteiger partial charge is 0.344 e. The van der Waals surface area contributed by atoms with E-state index in [-0.39, 0.29) is 17.6 Å². The Morgan fingerprint density at radius 2 is 2.28 bits per heavy atom. The number of halogens is 2. The van der Waals surface area contributed by atoms with Gasteiger partial charge in [-0.05, 0) is 47.0 Å². The molecule has 1 heterocycles. The summed E-state index contributed by atoms with van der Waals surface area (Å²) in [4.78, 5) is 22.9. The molecule has 1 aliphatic heterocycles. The summed E-state index contributed by atoms with van der Waals surface area (Å²) in [6, 6.07) is 2.35. The number of benzene rings is 1. The van der Waals surface area contributed by atoms with Gasteiger partial charge in [-0.15, -0.1) is 0 Å². The normalized spacial score (nSPS) is 18.6. The molecular weight excluding hydrogens is 303 g/mol. The summed E-state index contributed by atoms with van der Waals surface area (Å²) in [5.74, 6) is -0.769. The van der Waals surface area contributed by atoms with Crippen molar-refractivity contribution in [2.75, 3.05) is 5.32 Å². The van der Waals surface area contributed by atoms with Crippen molar-refractivity contribution in [3.05, 3.63) is 28.0 Å². The Morgan fingerprint density at radius 3 is 2.89 bits per heavy atom. The van der Waals surface area contributed by atoms with E-state index in [0.717, 1.165) is 0 Å². The minimum absolute atomic E-state index is 0.118. The van der Waals surface area contributed by atoms with Gasteiger partial charge in [0.25, 0.3) is 0 Å². The topological polar surface area (TPSA) is 58.2 Å². The Kier molecular flexibility index (Phi) is 3.65. The van der Waals surface area contributed by atoms with Crippen LogP contribution in [0.25, 0.3) is 0 Å². The SMILES string of the molecule is Cc1cc(F)c(Br)cc1NC(=O)[C@H]1CCC(=O)N1. The first kappa shape index (κ1) is 13.0. The summed E-state index contributed by atoms with van der Waals surface area (Å²) in [6.45, 7) is 1.71. The third-order valence-corrected chi connectivity index (χ3v) is 3.44. The minimum atomic E-state index is -0.499. The maximum absolute atomic E-state index is 13.2. The van der Waals surface area contributed by atoms with Gasteiger partial charge in [-0.3, -0.25) is 9.59 Å². The molecular formula is C12H12BrFN2O2. The first-order valence-electron chi connectivity index (χ1n) is 5.53. The molecule has 1 atom stereocenters. The quantitative estimate of drug-likeness (QED) is 0.878. The molecule has 1 aromatic rings. The molecule has 6 heteroatoms. The average Bonchev–Trinajstić information content (AvgIpc) is 2.73. The van der Waals surface area contributed by atoms with E-state index in [1.54, 1.807) is 6.92 Å². The van der Waals surface area contributed by atoms with E-state index in [2.05, 4.69) is 26.6 Å². The third-order valence-electron chi connectivity index (χ3n) is 2.84. The fourth-order valence-corrected chi connectivity index (χ4v) is 2.15. The highest BCUT2D eigenvalue weighted by Crippen LogP contribution is 2.24. The molecule has 2 N–H and O–H groups in total. The average molecular weight is 315 g/mol. The van der Waals surface area contributed by atoms with Gasteiger partial charge in [0.1, 0.15) is 11.9 Å². The van der Waals surface area contributed by atoms with Crippen LogP contribution in [0.5, 0.6) is 0 Å². The van der Waals surface area contributed by atoms with E-state index in [1.165, 1.54) is 12.1 Å². The second-order valence-electron chi connectivity index (χ2n) is 4.23. The van der Waals surface area contributed by atoms with Crippen molar-refractivity contribution in [3.63, 3.8) is 0 Å². The number of anilines is 1. The second kappa shape index (κ2) is 5.06. The minimum Gasteiger partial charge on any atom is -0.344 e. The van der Waals surface area contributed by atoms with Gasteiger partial charge < -0.3 is 10.6 Å². The molecule has 0 spiro atoms. The zero-order chi connectivity index (χ0) is 13.3. The van der Waals surface area contributed by atoms with Gasteiger partial charge in [0, 0.05) is 12.1 Å². The summed E-state index contributed by atoms with van der Waals surface area (Å²) < 4.78 is 13.5. The highest BCUT2D eigenvalue weighted by molar-refractivity contribution is 9.10. The first-order valence-corrected chi connectivity index (χ1v) is 6.32.